The molecule has 1 unspecified atom stereocenters. The Labute approximate surface area is 124 Å². The zero-order valence-corrected chi connectivity index (χ0v) is 12.5. The Morgan fingerprint density at radius 2 is 2.29 bits per heavy atom. The van der Waals surface area contributed by atoms with Gasteiger partial charge in [0.2, 0.25) is 0 Å². The predicted octanol–water partition coefficient (Wildman–Crippen LogP) is 1.73. The molecule has 114 valence electrons. The fourth-order valence-electron chi connectivity index (χ4n) is 3.39. The first-order valence-electron chi connectivity index (χ1n) is 7.41. The number of carbonyl (C=O) groups excluding carboxylic acids is 1. The number of carbonyl (C=O) groups is 1. The number of nitrogens with one attached hydrogen (secondary N) is 1. The van der Waals surface area contributed by atoms with E-state index in [1.54, 1.807) is 13.1 Å². The maximum atomic E-state index is 13.5. The van der Waals surface area contributed by atoms with Gasteiger partial charge in [0.25, 0.3) is 0 Å². The SMILES string of the molecule is CNC(CN1CCc2ccc(F)cc21)(C(=O)OC)C1CC1. The number of hydrogen-bond donors (Lipinski definition) is 1. The molecule has 1 N–H and O–H groups in total. The third-order valence-electron chi connectivity index (χ3n) is 4.75. The molecule has 0 saturated heterocycles. The summed E-state index contributed by atoms with van der Waals surface area (Å²) in [5.74, 6) is -0.162. The smallest absolute Gasteiger partial charge is 0.328 e. The number of likely N-dealkylation sites (N-methyl/N-ethyl adjacent to an activating group) is 1. The van der Waals surface area contributed by atoms with Crippen LogP contribution in [0.2, 0.25) is 0 Å². The number of rotatable bonds is 5. The summed E-state index contributed by atoms with van der Waals surface area (Å²) < 4.78 is 18.5. The zero-order valence-electron chi connectivity index (χ0n) is 12.5. The van der Waals surface area contributed by atoms with Gasteiger partial charge in [0.05, 0.1) is 7.11 Å². The van der Waals surface area contributed by atoms with Gasteiger partial charge in [-0.15, -0.1) is 0 Å². The second kappa shape index (κ2) is 5.30. The average Bonchev–Trinajstić information content (AvgIpc) is 3.27. The van der Waals surface area contributed by atoms with E-state index in [0.29, 0.717) is 12.5 Å². The van der Waals surface area contributed by atoms with E-state index in [4.69, 9.17) is 4.74 Å². The molecule has 1 fully saturated rings. The Balaban J connectivity index is 1.88. The van der Waals surface area contributed by atoms with Crippen molar-refractivity contribution >= 4 is 11.7 Å². The van der Waals surface area contributed by atoms with Crippen molar-refractivity contribution in [1.29, 1.82) is 0 Å². The van der Waals surface area contributed by atoms with E-state index in [-0.39, 0.29) is 11.8 Å². The first-order chi connectivity index (χ1) is 10.1. The number of ether oxygens (including phenoxy) is 1. The van der Waals surface area contributed by atoms with Crippen molar-refractivity contribution in [3.8, 4) is 0 Å². The summed E-state index contributed by atoms with van der Waals surface area (Å²) in [6, 6.07) is 4.89. The van der Waals surface area contributed by atoms with E-state index in [0.717, 1.165) is 37.1 Å². The van der Waals surface area contributed by atoms with Crippen molar-refractivity contribution in [1.82, 2.24) is 5.32 Å². The number of halogens is 1. The first kappa shape index (κ1) is 14.3. The highest BCUT2D eigenvalue weighted by Gasteiger charge is 2.52. The lowest BCUT2D eigenvalue weighted by atomic mass is 9.92. The molecule has 0 radical (unpaired) electrons. The van der Waals surface area contributed by atoms with Crippen LogP contribution in [0, 0.1) is 11.7 Å². The average molecular weight is 292 g/mol. The largest absolute Gasteiger partial charge is 0.468 e. The normalized spacial score (nSPS) is 20.0. The molecule has 5 heteroatoms. The highest BCUT2D eigenvalue weighted by molar-refractivity contribution is 5.83. The van der Waals surface area contributed by atoms with Crippen molar-refractivity contribution in [2.24, 2.45) is 5.92 Å². The molecule has 1 heterocycles. The highest BCUT2D eigenvalue weighted by atomic mass is 19.1. The topological polar surface area (TPSA) is 41.6 Å². The molecule has 1 aliphatic heterocycles. The lowest BCUT2D eigenvalue weighted by molar-refractivity contribution is -0.149. The highest BCUT2D eigenvalue weighted by Crippen LogP contribution is 2.42. The van der Waals surface area contributed by atoms with Crippen LogP contribution in [-0.4, -0.2) is 38.8 Å². The molecule has 21 heavy (non-hydrogen) atoms. The summed E-state index contributed by atoms with van der Waals surface area (Å²) >= 11 is 0. The lowest BCUT2D eigenvalue weighted by Gasteiger charge is -2.35. The monoisotopic (exact) mass is 292 g/mol. The van der Waals surface area contributed by atoms with Crippen LogP contribution in [0.4, 0.5) is 10.1 Å². The number of esters is 1. The number of methoxy groups -OCH3 is 1. The third kappa shape index (κ3) is 2.39. The van der Waals surface area contributed by atoms with Crippen LogP contribution in [0.1, 0.15) is 18.4 Å². The number of benzene rings is 1. The number of nitrogens with zero attached hydrogens (tertiary/aromatic N) is 1. The predicted molar refractivity (Wildman–Crippen MR) is 78.8 cm³/mol. The van der Waals surface area contributed by atoms with Crippen LogP contribution in [0.15, 0.2) is 18.2 Å². The third-order valence-corrected chi connectivity index (χ3v) is 4.75. The second-order valence-electron chi connectivity index (χ2n) is 5.93. The summed E-state index contributed by atoms with van der Waals surface area (Å²) in [4.78, 5) is 14.4. The van der Waals surface area contributed by atoms with Crippen LogP contribution in [0.5, 0.6) is 0 Å². The molecular weight excluding hydrogens is 271 g/mol. The van der Waals surface area contributed by atoms with E-state index >= 15 is 0 Å². The molecule has 0 amide bonds. The van der Waals surface area contributed by atoms with E-state index < -0.39 is 5.54 Å². The van der Waals surface area contributed by atoms with Gasteiger partial charge < -0.3 is 15.0 Å². The van der Waals surface area contributed by atoms with Crippen molar-refractivity contribution in [2.75, 3.05) is 32.1 Å². The van der Waals surface area contributed by atoms with Crippen molar-refractivity contribution in [3.05, 3.63) is 29.6 Å². The van der Waals surface area contributed by atoms with Crippen LogP contribution in [-0.2, 0) is 16.0 Å². The van der Waals surface area contributed by atoms with Gasteiger partial charge in [0.1, 0.15) is 11.4 Å². The van der Waals surface area contributed by atoms with E-state index in [2.05, 4.69) is 10.2 Å². The van der Waals surface area contributed by atoms with Crippen LogP contribution in [0.25, 0.3) is 0 Å². The Kier molecular flexibility index (Phi) is 3.61. The Bertz CT molecular complexity index is 559. The molecule has 1 aromatic carbocycles. The minimum absolute atomic E-state index is 0.225. The van der Waals surface area contributed by atoms with Gasteiger partial charge in [-0.3, -0.25) is 0 Å². The maximum absolute atomic E-state index is 13.5. The molecule has 1 aliphatic carbocycles. The van der Waals surface area contributed by atoms with Crippen molar-refractivity contribution in [3.63, 3.8) is 0 Å². The molecule has 1 atom stereocenters. The van der Waals surface area contributed by atoms with Crippen LogP contribution >= 0.6 is 0 Å². The zero-order chi connectivity index (χ0) is 15.0. The van der Waals surface area contributed by atoms with Crippen molar-refractivity contribution in [2.45, 2.75) is 24.8 Å². The second-order valence-corrected chi connectivity index (χ2v) is 5.93. The van der Waals surface area contributed by atoms with Crippen LogP contribution < -0.4 is 10.2 Å². The fraction of sp³-hybridized carbons (Fsp3) is 0.562. The molecule has 0 aromatic heterocycles. The Hall–Kier alpha value is -1.62. The van der Waals surface area contributed by atoms with Gasteiger partial charge in [-0.25, -0.2) is 9.18 Å². The number of fused-ring (bicyclic) bond motifs is 1. The summed E-state index contributed by atoms with van der Waals surface area (Å²) in [5, 5.41) is 3.19. The molecule has 4 nitrogen and oxygen atoms in total. The van der Waals surface area contributed by atoms with E-state index in [1.165, 1.54) is 13.2 Å². The molecule has 2 aliphatic rings. The van der Waals surface area contributed by atoms with E-state index in [9.17, 15) is 9.18 Å². The van der Waals surface area contributed by atoms with Gasteiger partial charge in [0, 0.05) is 18.8 Å². The summed E-state index contributed by atoms with van der Waals surface area (Å²) in [5.41, 5.74) is 1.35. The summed E-state index contributed by atoms with van der Waals surface area (Å²) in [6.45, 7) is 1.34. The molecular formula is C16H21FN2O2. The minimum Gasteiger partial charge on any atom is -0.468 e. The quantitative estimate of drug-likeness (QED) is 0.839. The molecule has 1 saturated carbocycles. The Morgan fingerprint density at radius 3 is 2.90 bits per heavy atom. The Morgan fingerprint density at radius 1 is 1.52 bits per heavy atom. The summed E-state index contributed by atoms with van der Waals surface area (Å²) in [6.07, 6.45) is 2.95. The minimum atomic E-state index is -0.692. The van der Waals surface area contributed by atoms with Crippen LogP contribution in [0.3, 0.4) is 0 Å². The van der Waals surface area contributed by atoms with Gasteiger partial charge >= 0.3 is 5.97 Å². The lowest BCUT2D eigenvalue weighted by Crippen LogP contribution is -2.60. The maximum Gasteiger partial charge on any atom is 0.328 e. The van der Waals surface area contributed by atoms with Gasteiger partial charge in [-0.1, -0.05) is 6.07 Å². The van der Waals surface area contributed by atoms with Gasteiger partial charge in [0.15, 0.2) is 0 Å². The molecule has 3 rings (SSSR count). The van der Waals surface area contributed by atoms with E-state index in [1.807, 2.05) is 6.07 Å². The van der Waals surface area contributed by atoms with Gasteiger partial charge in [-0.2, -0.15) is 0 Å². The molecule has 1 aromatic rings. The fourth-order valence-corrected chi connectivity index (χ4v) is 3.39. The van der Waals surface area contributed by atoms with Gasteiger partial charge in [-0.05, 0) is 49.9 Å². The number of hydrogen-bond acceptors (Lipinski definition) is 4. The first-order valence-corrected chi connectivity index (χ1v) is 7.41. The number of anilines is 1. The van der Waals surface area contributed by atoms with Crippen molar-refractivity contribution < 1.29 is 13.9 Å². The standard InChI is InChI=1S/C16H21FN2O2/c1-18-16(12-4-5-12,15(20)21-2)10-19-8-7-11-3-6-13(17)9-14(11)19/h3,6,9,12,18H,4-5,7-8,10H2,1-2H3. The molecule has 0 bridgehead atoms. The summed E-state index contributed by atoms with van der Waals surface area (Å²) in [7, 11) is 3.23. The molecule has 0 spiro atoms.